The van der Waals surface area contributed by atoms with Crippen LogP contribution in [0.4, 0.5) is 13.2 Å². The fourth-order valence-electron chi connectivity index (χ4n) is 1.48. The van der Waals surface area contributed by atoms with Gasteiger partial charge in [0, 0.05) is 20.1 Å². The highest BCUT2D eigenvalue weighted by Gasteiger charge is 2.37. The molecule has 102 valence electrons. The normalized spacial score (nSPS) is 26.7. The third-order valence-corrected chi connectivity index (χ3v) is 3.99. The maximum absolute atomic E-state index is 11.9. The predicted molar refractivity (Wildman–Crippen MR) is 53.4 cm³/mol. The number of nitrogens with zero attached hydrogens (tertiary/aromatic N) is 1. The molecule has 0 spiro atoms. The quantitative estimate of drug-likeness (QED) is 0.593. The molecule has 1 heterocycles. The molecule has 1 aliphatic heterocycles. The van der Waals surface area contributed by atoms with Gasteiger partial charge in [0.1, 0.15) is 6.54 Å². The molecule has 1 fully saturated rings. The van der Waals surface area contributed by atoms with Gasteiger partial charge in [-0.05, 0) is 0 Å². The zero-order chi connectivity index (χ0) is 13.3. The molecule has 1 saturated heterocycles. The average Bonchev–Trinajstić information content (AvgIpc) is 2.59. The molecule has 17 heavy (non-hydrogen) atoms. The molecule has 0 saturated carbocycles. The van der Waals surface area contributed by atoms with Crippen LogP contribution < -0.4 is 10.0 Å². The Hall–Kier alpha value is -0.420. The summed E-state index contributed by atoms with van der Waals surface area (Å²) in [6, 6.07) is -0.763. The first-order valence-electron chi connectivity index (χ1n) is 4.81. The van der Waals surface area contributed by atoms with Crippen molar-refractivity contribution in [2.45, 2.75) is 18.3 Å². The number of hydrogen-bond donors (Lipinski definition) is 3. The molecule has 0 radical (unpaired) electrons. The van der Waals surface area contributed by atoms with Crippen molar-refractivity contribution in [1.82, 2.24) is 14.3 Å². The summed E-state index contributed by atoms with van der Waals surface area (Å²) in [5, 5.41) is 12.2. The topological polar surface area (TPSA) is 81.7 Å². The summed E-state index contributed by atoms with van der Waals surface area (Å²) in [4.78, 5) is 0. The monoisotopic (exact) mass is 277 g/mol. The highest BCUT2D eigenvalue weighted by Crippen LogP contribution is 2.15. The van der Waals surface area contributed by atoms with Crippen LogP contribution in [0.25, 0.3) is 0 Å². The first kappa shape index (κ1) is 14.6. The van der Waals surface area contributed by atoms with E-state index in [1.807, 2.05) is 0 Å². The van der Waals surface area contributed by atoms with E-state index in [0.29, 0.717) is 4.31 Å². The summed E-state index contributed by atoms with van der Waals surface area (Å²) in [6.45, 7) is -1.22. The Balaban J connectivity index is 2.63. The van der Waals surface area contributed by atoms with Crippen molar-refractivity contribution < 1.29 is 26.7 Å². The molecule has 6 nitrogen and oxygen atoms in total. The van der Waals surface area contributed by atoms with Crippen LogP contribution in [0.5, 0.6) is 0 Å². The zero-order valence-electron chi connectivity index (χ0n) is 9.03. The van der Waals surface area contributed by atoms with Crippen molar-refractivity contribution in [2.24, 2.45) is 0 Å². The van der Waals surface area contributed by atoms with Crippen molar-refractivity contribution in [3.63, 3.8) is 0 Å². The van der Waals surface area contributed by atoms with E-state index >= 15 is 0 Å². The average molecular weight is 277 g/mol. The van der Waals surface area contributed by atoms with Crippen molar-refractivity contribution in [3.05, 3.63) is 0 Å². The molecule has 1 rings (SSSR count). The second kappa shape index (κ2) is 5.06. The molecule has 0 aromatic rings. The smallest absolute Gasteiger partial charge is 0.390 e. The van der Waals surface area contributed by atoms with E-state index in [-0.39, 0.29) is 13.1 Å². The Bertz CT molecular complexity index is 359. The van der Waals surface area contributed by atoms with Crippen molar-refractivity contribution >= 4 is 10.2 Å². The lowest BCUT2D eigenvalue weighted by atomic mass is 10.2. The number of aliphatic hydroxyl groups excluding tert-OH is 1. The molecule has 0 aromatic carbocycles. The maximum atomic E-state index is 11.9. The number of alkyl halides is 3. The second-order valence-electron chi connectivity index (χ2n) is 3.75. The number of rotatable bonds is 4. The molecular formula is C7H14F3N3O3S. The summed E-state index contributed by atoms with van der Waals surface area (Å²) in [6.07, 6.45) is -5.54. The van der Waals surface area contributed by atoms with Gasteiger partial charge in [-0.15, -0.1) is 0 Å². The molecule has 0 aromatic heterocycles. The van der Waals surface area contributed by atoms with Crippen LogP contribution in [0.3, 0.4) is 0 Å². The van der Waals surface area contributed by atoms with Gasteiger partial charge in [0.15, 0.2) is 0 Å². The number of nitrogens with one attached hydrogen (secondary N) is 2. The number of hydrogen-bond acceptors (Lipinski definition) is 4. The fourth-order valence-corrected chi connectivity index (χ4v) is 2.60. The Labute approximate surface area is 97.0 Å². The molecule has 1 aliphatic rings. The Morgan fingerprint density at radius 2 is 2.06 bits per heavy atom. The van der Waals surface area contributed by atoms with E-state index in [1.54, 1.807) is 0 Å². The highest BCUT2D eigenvalue weighted by atomic mass is 32.2. The standard InChI is InChI=1S/C7H14F3N3O3S/c1-13(5-2-11-3-6(5)14)17(15,16)12-4-7(8,9)10/h5-6,11-12,14H,2-4H2,1H3/t5-,6-/m0/s1. The van der Waals surface area contributed by atoms with Crippen LogP contribution in [-0.2, 0) is 10.2 Å². The molecule has 0 unspecified atom stereocenters. The highest BCUT2D eigenvalue weighted by molar-refractivity contribution is 7.87. The first-order chi connectivity index (χ1) is 7.63. The van der Waals surface area contributed by atoms with Crippen LogP contribution in [0.1, 0.15) is 0 Å². The van der Waals surface area contributed by atoms with Crippen LogP contribution >= 0.6 is 0 Å². The lowest BCUT2D eigenvalue weighted by molar-refractivity contribution is -0.121. The molecule has 0 aliphatic carbocycles. The minimum absolute atomic E-state index is 0.199. The van der Waals surface area contributed by atoms with Crippen LogP contribution in [0.15, 0.2) is 0 Å². The van der Waals surface area contributed by atoms with Crippen molar-refractivity contribution in [3.8, 4) is 0 Å². The van der Waals surface area contributed by atoms with Gasteiger partial charge >= 0.3 is 6.18 Å². The summed E-state index contributed by atoms with van der Waals surface area (Å²) >= 11 is 0. The summed E-state index contributed by atoms with van der Waals surface area (Å²) < 4.78 is 60.8. The third-order valence-electron chi connectivity index (χ3n) is 2.45. The summed E-state index contributed by atoms with van der Waals surface area (Å²) in [5.41, 5.74) is 0. The van der Waals surface area contributed by atoms with Crippen LogP contribution in [0, 0.1) is 0 Å². The number of halogens is 3. The lowest BCUT2D eigenvalue weighted by Crippen LogP contribution is -2.50. The number of aliphatic hydroxyl groups is 1. The molecule has 2 atom stereocenters. The van der Waals surface area contributed by atoms with E-state index in [1.165, 1.54) is 4.72 Å². The number of likely N-dealkylation sites (N-methyl/N-ethyl adjacent to an activating group) is 1. The molecule has 0 bridgehead atoms. The van der Waals surface area contributed by atoms with Gasteiger partial charge in [0.25, 0.3) is 10.2 Å². The second-order valence-corrected chi connectivity index (χ2v) is 5.57. The molecule has 3 N–H and O–H groups in total. The van der Waals surface area contributed by atoms with Gasteiger partial charge in [-0.3, -0.25) is 0 Å². The molecule has 0 amide bonds. The van der Waals surface area contributed by atoms with Crippen molar-refractivity contribution in [2.75, 3.05) is 26.7 Å². The Morgan fingerprint density at radius 3 is 2.47 bits per heavy atom. The predicted octanol–water partition coefficient (Wildman–Crippen LogP) is -1.35. The van der Waals surface area contributed by atoms with Gasteiger partial charge in [-0.2, -0.15) is 30.6 Å². The van der Waals surface area contributed by atoms with Gasteiger partial charge in [0.05, 0.1) is 12.1 Å². The zero-order valence-corrected chi connectivity index (χ0v) is 9.85. The first-order valence-corrected chi connectivity index (χ1v) is 6.25. The van der Waals surface area contributed by atoms with Crippen LogP contribution in [-0.4, -0.2) is 62.8 Å². The Morgan fingerprint density at radius 1 is 1.47 bits per heavy atom. The van der Waals surface area contributed by atoms with E-state index in [4.69, 9.17) is 0 Å². The largest absolute Gasteiger partial charge is 0.402 e. The third kappa shape index (κ3) is 4.07. The van der Waals surface area contributed by atoms with E-state index in [0.717, 1.165) is 7.05 Å². The summed E-state index contributed by atoms with van der Waals surface area (Å²) in [5.74, 6) is 0. The van der Waals surface area contributed by atoms with Gasteiger partial charge in [0.2, 0.25) is 0 Å². The maximum Gasteiger partial charge on any atom is 0.402 e. The summed E-state index contributed by atoms with van der Waals surface area (Å²) in [7, 11) is -3.12. The molecular weight excluding hydrogens is 263 g/mol. The van der Waals surface area contributed by atoms with Gasteiger partial charge < -0.3 is 10.4 Å². The van der Waals surface area contributed by atoms with Gasteiger partial charge in [-0.1, -0.05) is 0 Å². The van der Waals surface area contributed by atoms with Gasteiger partial charge in [-0.25, -0.2) is 0 Å². The minimum Gasteiger partial charge on any atom is -0.390 e. The SMILES string of the molecule is CN([C@H]1CNC[C@@H]1O)S(=O)(=O)NCC(F)(F)F. The molecule has 10 heteroatoms. The van der Waals surface area contributed by atoms with E-state index < -0.39 is 35.1 Å². The minimum atomic E-state index is -4.61. The Kier molecular flexibility index (Phi) is 4.36. The fraction of sp³-hybridized carbons (Fsp3) is 1.00. The van der Waals surface area contributed by atoms with E-state index in [2.05, 4.69) is 5.32 Å². The van der Waals surface area contributed by atoms with Crippen molar-refractivity contribution in [1.29, 1.82) is 0 Å². The van der Waals surface area contributed by atoms with E-state index in [9.17, 15) is 26.7 Å². The lowest BCUT2D eigenvalue weighted by Gasteiger charge is -2.25. The van der Waals surface area contributed by atoms with Crippen LogP contribution in [0.2, 0.25) is 0 Å². The number of β-amino-alcohol motifs (C(OH)–C–C–N with tert-alkyl or cyclic N) is 1.